The Bertz CT molecular complexity index is 1400. The van der Waals surface area contributed by atoms with Crippen LogP contribution >= 0.6 is 11.3 Å². The first kappa shape index (κ1) is 25.1. The molecule has 0 radical (unpaired) electrons. The number of aryl methyl sites for hydroxylation is 1. The highest BCUT2D eigenvalue weighted by molar-refractivity contribution is 7.13. The quantitative estimate of drug-likeness (QED) is 0.491. The van der Waals surface area contributed by atoms with E-state index in [2.05, 4.69) is 44.4 Å². The summed E-state index contributed by atoms with van der Waals surface area (Å²) in [7, 11) is 2.04. The molecule has 0 amide bonds. The van der Waals surface area contributed by atoms with Crippen molar-refractivity contribution in [2.45, 2.75) is 50.8 Å². The number of pyridine rings is 1. The number of hydrogen-bond donors (Lipinski definition) is 1. The largest absolute Gasteiger partial charge is 0.457 e. The molecule has 3 aliphatic rings. The Kier molecular flexibility index (Phi) is 6.92. The van der Waals surface area contributed by atoms with Gasteiger partial charge in [0, 0.05) is 38.1 Å². The molecule has 1 fully saturated rings. The van der Waals surface area contributed by atoms with Crippen LogP contribution in [0, 0.1) is 0 Å². The molecular weight excluding hydrogens is 503 g/mol. The molecule has 10 heteroatoms. The number of imidazole rings is 1. The standard InChI is InChI=1S/C28H33FN6O2S/c1-3-23-26(33(2)28-32-24(17-38-28)19-4-7-21(29)8-5-19)35-15-20(6-9-25(35)31-23)18-10-12-34(13-11-18)27-30-14-22(16-36)37-27/h4-7,9,15,17-18,21-22,36H,3,8,10-14,16H2,1-2H3. The molecule has 1 N–H and O–H groups in total. The van der Waals surface area contributed by atoms with Gasteiger partial charge < -0.3 is 19.6 Å². The van der Waals surface area contributed by atoms with Gasteiger partial charge in [0.25, 0.3) is 6.02 Å². The number of anilines is 2. The highest BCUT2D eigenvalue weighted by atomic mass is 32.1. The van der Waals surface area contributed by atoms with E-state index in [9.17, 15) is 9.50 Å². The van der Waals surface area contributed by atoms with Gasteiger partial charge in [0.15, 0.2) is 5.13 Å². The van der Waals surface area contributed by atoms with Gasteiger partial charge >= 0.3 is 0 Å². The first-order valence-electron chi connectivity index (χ1n) is 13.3. The van der Waals surface area contributed by atoms with Crippen LogP contribution in [0.4, 0.5) is 15.3 Å². The second-order valence-electron chi connectivity index (χ2n) is 10.1. The number of piperidine rings is 1. The van der Waals surface area contributed by atoms with Crippen LogP contribution in [0.25, 0.3) is 11.2 Å². The maximum absolute atomic E-state index is 13.5. The van der Waals surface area contributed by atoms with E-state index in [0.717, 1.165) is 65.9 Å². The predicted octanol–water partition coefficient (Wildman–Crippen LogP) is 4.73. The number of hydrogen-bond acceptors (Lipinski definition) is 8. The summed E-state index contributed by atoms with van der Waals surface area (Å²) >= 11 is 1.59. The number of halogens is 1. The van der Waals surface area contributed by atoms with Crippen LogP contribution < -0.4 is 4.90 Å². The number of aromatic nitrogens is 3. The molecule has 6 rings (SSSR count). The number of aliphatic imine (C=N–C) groups is 1. The number of allylic oxidation sites excluding steroid dienone is 4. The van der Waals surface area contributed by atoms with Gasteiger partial charge in [0.2, 0.25) is 0 Å². The fourth-order valence-electron chi connectivity index (χ4n) is 5.43. The lowest BCUT2D eigenvalue weighted by atomic mass is 9.90. The summed E-state index contributed by atoms with van der Waals surface area (Å²) < 4.78 is 21.5. The van der Waals surface area contributed by atoms with Crippen molar-refractivity contribution in [3.05, 3.63) is 58.9 Å². The number of rotatable bonds is 6. The molecule has 0 saturated carbocycles. The van der Waals surface area contributed by atoms with Crippen molar-refractivity contribution in [3.63, 3.8) is 0 Å². The van der Waals surface area contributed by atoms with Crippen molar-refractivity contribution < 1.29 is 14.2 Å². The molecule has 200 valence electrons. The third-order valence-electron chi connectivity index (χ3n) is 7.60. The number of amidine groups is 1. The second-order valence-corrected chi connectivity index (χ2v) is 10.9. The lowest BCUT2D eigenvalue weighted by Gasteiger charge is -2.33. The van der Waals surface area contributed by atoms with Crippen LogP contribution in [0.15, 0.2) is 46.9 Å². The molecule has 3 aromatic heterocycles. The Labute approximate surface area is 225 Å². The van der Waals surface area contributed by atoms with E-state index in [1.54, 1.807) is 17.4 Å². The number of nitrogens with zero attached hydrogens (tertiary/aromatic N) is 6. The minimum Gasteiger partial charge on any atom is -0.457 e. The molecule has 38 heavy (non-hydrogen) atoms. The van der Waals surface area contributed by atoms with Crippen molar-refractivity contribution in [1.29, 1.82) is 0 Å². The Morgan fingerprint density at radius 1 is 1.24 bits per heavy atom. The van der Waals surface area contributed by atoms with Crippen LogP contribution in [0.5, 0.6) is 0 Å². The number of alkyl halides is 1. The monoisotopic (exact) mass is 536 g/mol. The zero-order chi connectivity index (χ0) is 26.2. The van der Waals surface area contributed by atoms with Gasteiger partial charge in [-0.1, -0.05) is 25.1 Å². The highest BCUT2D eigenvalue weighted by Crippen LogP contribution is 2.35. The smallest absolute Gasteiger partial charge is 0.287 e. The average Bonchev–Trinajstić information content (AvgIpc) is 3.71. The van der Waals surface area contributed by atoms with E-state index in [4.69, 9.17) is 14.7 Å². The van der Waals surface area contributed by atoms with Crippen LogP contribution in [-0.2, 0) is 11.2 Å². The maximum Gasteiger partial charge on any atom is 0.287 e. The molecular formula is C28H33FN6O2S. The van der Waals surface area contributed by atoms with Crippen LogP contribution in [0.3, 0.4) is 0 Å². The van der Waals surface area contributed by atoms with Gasteiger partial charge in [-0.05, 0) is 48.5 Å². The first-order chi connectivity index (χ1) is 18.5. The van der Waals surface area contributed by atoms with E-state index in [1.165, 1.54) is 5.56 Å². The summed E-state index contributed by atoms with van der Waals surface area (Å²) in [5.74, 6) is 1.47. The zero-order valence-corrected chi connectivity index (χ0v) is 22.6. The SMILES string of the molecule is CCc1nc2ccc(C3CCN(C4=NCC(CO)O4)CC3)cn2c1N(C)c1nc(C2=CCC(F)C=C2)cs1. The molecule has 1 saturated heterocycles. The molecule has 2 aliphatic heterocycles. The van der Waals surface area contributed by atoms with Crippen molar-refractivity contribution in [2.24, 2.45) is 4.99 Å². The van der Waals surface area contributed by atoms with Crippen LogP contribution in [0.2, 0.25) is 0 Å². The van der Waals surface area contributed by atoms with Crippen molar-refractivity contribution >= 4 is 39.5 Å². The van der Waals surface area contributed by atoms with Gasteiger partial charge in [0.1, 0.15) is 23.7 Å². The molecule has 2 unspecified atom stereocenters. The summed E-state index contributed by atoms with van der Waals surface area (Å²) in [4.78, 5) is 18.6. The number of aliphatic hydroxyl groups is 1. The van der Waals surface area contributed by atoms with Crippen LogP contribution in [0.1, 0.15) is 49.1 Å². The molecule has 8 nitrogen and oxygen atoms in total. The maximum atomic E-state index is 13.5. The summed E-state index contributed by atoms with van der Waals surface area (Å²) in [5.41, 5.74) is 5.10. The van der Waals surface area contributed by atoms with Gasteiger partial charge in [0.05, 0.1) is 24.5 Å². The van der Waals surface area contributed by atoms with Gasteiger partial charge in [-0.25, -0.2) is 19.4 Å². The predicted molar refractivity (Wildman–Crippen MR) is 149 cm³/mol. The summed E-state index contributed by atoms with van der Waals surface area (Å²) in [6, 6.07) is 5.00. The van der Waals surface area contributed by atoms with E-state index in [0.29, 0.717) is 24.9 Å². The van der Waals surface area contributed by atoms with Crippen molar-refractivity contribution in [2.75, 3.05) is 38.2 Å². The minimum absolute atomic E-state index is 0.00168. The molecule has 0 bridgehead atoms. The molecule has 3 aromatic rings. The zero-order valence-electron chi connectivity index (χ0n) is 21.8. The lowest BCUT2D eigenvalue weighted by Crippen LogP contribution is -2.39. The lowest BCUT2D eigenvalue weighted by molar-refractivity contribution is 0.107. The fraction of sp³-hybridized carbons (Fsp3) is 0.464. The Balaban J connectivity index is 1.23. The highest BCUT2D eigenvalue weighted by Gasteiger charge is 2.29. The number of ether oxygens (including phenoxy) is 1. The van der Waals surface area contributed by atoms with Crippen molar-refractivity contribution in [1.82, 2.24) is 19.3 Å². The number of likely N-dealkylation sites (tertiary alicyclic amines) is 1. The average molecular weight is 537 g/mol. The van der Waals surface area contributed by atoms with E-state index >= 15 is 0 Å². The minimum atomic E-state index is -0.908. The Hall–Kier alpha value is -3.24. The second kappa shape index (κ2) is 10.5. The summed E-state index contributed by atoms with van der Waals surface area (Å²) in [6.45, 7) is 4.43. The van der Waals surface area contributed by atoms with E-state index < -0.39 is 6.17 Å². The van der Waals surface area contributed by atoms with Gasteiger partial charge in [-0.2, -0.15) is 0 Å². The topological polar surface area (TPSA) is 78.5 Å². The number of aliphatic hydroxyl groups excluding tert-OH is 1. The first-order valence-corrected chi connectivity index (χ1v) is 14.2. The van der Waals surface area contributed by atoms with Crippen molar-refractivity contribution in [3.8, 4) is 0 Å². The Morgan fingerprint density at radius 3 is 2.79 bits per heavy atom. The van der Waals surface area contributed by atoms with E-state index in [-0.39, 0.29) is 12.7 Å². The summed E-state index contributed by atoms with van der Waals surface area (Å²) in [6.07, 6.45) is 9.70. The van der Waals surface area contributed by atoms with E-state index in [1.807, 2.05) is 24.6 Å². The molecule has 2 atom stereocenters. The third-order valence-corrected chi connectivity index (χ3v) is 8.52. The molecule has 0 aromatic carbocycles. The fourth-order valence-corrected chi connectivity index (χ4v) is 6.24. The number of thiazole rings is 1. The molecule has 1 aliphatic carbocycles. The number of fused-ring (bicyclic) bond motifs is 1. The molecule has 0 spiro atoms. The molecule has 5 heterocycles. The third kappa shape index (κ3) is 4.71. The Morgan fingerprint density at radius 2 is 2.08 bits per heavy atom. The summed E-state index contributed by atoms with van der Waals surface area (Å²) in [5, 5.41) is 12.3. The normalized spacial score (nSPS) is 22.1. The van der Waals surface area contributed by atoms with Gasteiger partial charge in [-0.15, -0.1) is 11.3 Å². The van der Waals surface area contributed by atoms with Crippen LogP contribution in [-0.4, -0.2) is 76.0 Å². The van der Waals surface area contributed by atoms with Gasteiger partial charge in [-0.3, -0.25) is 4.40 Å².